The molecule has 1 atom stereocenters. The number of nitrogens with one attached hydrogen (secondary N) is 1. The van der Waals surface area contributed by atoms with E-state index in [9.17, 15) is 9.59 Å². The van der Waals surface area contributed by atoms with E-state index in [1.807, 2.05) is 31.2 Å². The summed E-state index contributed by atoms with van der Waals surface area (Å²) in [5.41, 5.74) is 1.35. The third kappa shape index (κ3) is 4.50. The van der Waals surface area contributed by atoms with Crippen LogP contribution >= 0.6 is 31.9 Å². The van der Waals surface area contributed by atoms with Crippen LogP contribution in [-0.2, 0) is 9.59 Å². The molecule has 1 heterocycles. The maximum absolute atomic E-state index is 12.7. The van der Waals surface area contributed by atoms with Gasteiger partial charge in [0.2, 0.25) is 11.8 Å². The summed E-state index contributed by atoms with van der Waals surface area (Å²) in [6.45, 7) is 2.84. The first-order valence-corrected chi connectivity index (χ1v) is 10.4. The van der Waals surface area contributed by atoms with Crippen molar-refractivity contribution in [3.05, 3.63) is 45.3 Å². The van der Waals surface area contributed by atoms with Crippen LogP contribution in [0.15, 0.2) is 45.3 Å². The Kier molecular flexibility index (Phi) is 6.61. The van der Waals surface area contributed by atoms with Crippen LogP contribution < -0.4 is 19.7 Å². The van der Waals surface area contributed by atoms with Gasteiger partial charge in [-0.05, 0) is 69.1 Å². The number of anilines is 2. The molecular weight excluding hydrogens is 492 g/mol. The molecule has 148 valence electrons. The number of carbonyl (C=O) groups excluding carboxylic acids is 2. The molecule has 3 rings (SSSR count). The molecule has 1 aliphatic heterocycles. The summed E-state index contributed by atoms with van der Waals surface area (Å²) in [6, 6.07) is 10.8. The van der Waals surface area contributed by atoms with Gasteiger partial charge in [-0.3, -0.25) is 9.59 Å². The highest BCUT2D eigenvalue weighted by Crippen LogP contribution is 2.35. The lowest BCUT2D eigenvalue weighted by atomic mass is 10.1. The molecule has 0 bridgehead atoms. The second kappa shape index (κ2) is 8.96. The van der Waals surface area contributed by atoms with Crippen molar-refractivity contribution in [2.75, 3.05) is 30.5 Å². The first kappa shape index (κ1) is 20.7. The number of benzene rings is 2. The second-order valence-corrected chi connectivity index (χ2v) is 8.00. The topological polar surface area (TPSA) is 67.9 Å². The molecule has 2 amide bonds. The summed E-state index contributed by atoms with van der Waals surface area (Å²) in [7, 11) is 1.56. The highest BCUT2D eigenvalue weighted by molar-refractivity contribution is 9.11. The fourth-order valence-corrected chi connectivity index (χ4v) is 4.29. The molecule has 1 saturated heterocycles. The molecule has 0 radical (unpaired) electrons. The zero-order valence-electron chi connectivity index (χ0n) is 15.5. The van der Waals surface area contributed by atoms with Crippen LogP contribution in [0.3, 0.4) is 0 Å². The van der Waals surface area contributed by atoms with Crippen LogP contribution in [0.4, 0.5) is 11.4 Å². The Morgan fingerprint density at radius 2 is 1.93 bits per heavy atom. The van der Waals surface area contributed by atoms with Crippen molar-refractivity contribution >= 4 is 55.0 Å². The second-order valence-electron chi connectivity index (χ2n) is 6.29. The van der Waals surface area contributed by atoms with Gasteiger partial charge in [0.05, 0.1) is 29.8 Å². The fraction of sp³-hybridized carbons (Fsp3) is 0.300. The van der Waals surface area contributed by atoms with Crippen molar-refractivity contribution in [2.24, 2.45) is 5.92 Å². The summed E-state index contributed by atoms with van der Waals surface area (Å²) < 4.78 is 12.2. The summed E-state index contributed by atoms with van der Waals surface area (Å²) >= 11 is 6.84. The minimum atomic E-state index is -0.430. The molecule has 1 N–H and O–H groups in total. The van der Waals surface area contributed by atoms with Crippen LogP contribution in [0.25, 0.3) is 0 Å². The van der Waals surface area contributed by atoms with E-state index >= 15 is 0 Å². The van der Waals surface area contributed by atoms with Crippen LogP contribution in [0.1, 0.15) is 13.3 Å². The molecule has 0 saturated carbocycles. The monoisotopic (exact) mass is 510 g/mol. The Bertz CT molecular complexity index is 887. The molecule has 0 spiro atoms. The largest absolute Gasteiger partial charge is 0.495 e. The number of rotatable bonds is 6. The quantitative estimate of drug-likeness (QED) is 0.614. The van der Waals surface area contributed by atoms with E-state index in [-0.39, 0.29) is 18.2 Å². The summed E-state index contributed by atoms with van der Waals surface area (Å²) in [6.07, 6.45) is 0.171. The van der Waals surface area contributed by atoms with Gasteiger partial charge in [-0.15, -0.1) is 0 Å². The number of ether oxygens (including phenoxy) is 2. The van der Waals surface area contributed by atoms with E-state index in [4.69, 9.17) is 9.47 Å². The molecule has 2 aromatic carbocycles. The normalized spacial score (nSPS) is 16.2. The molecular formula is C20H20Br2N2O4. The van der Waals surface area contributed by atoms with Crippen molar-refractivity contribution in [3.63, 3.8) is 0 Å². The minimum absolute atomic E-state index is 0.0724. The Hall–Kier alpha value is -2.06. The number of hydrogen-bond acceptors (Lipinski definition) is 4. The molecule has 0 aliphatic carbocycles. The fourth-order valence-electron chi connectivity index (χ4n) is 3.04. The highest BCUT2D eigenvalue weighted by Gasteiger charge is 2.35. The van der Waals surface area contributed by atoms with Gasteiger partial charge in [0.25, 0.3) is 0 Å². The predicted octanol–water partition coefficient (Wildman–Crippen LogP) is 4.61. The van der Waals surface area contributed by atoms with Crippen LogP contribution in [0, 0.1) is 5.92 Å². The standard InChI is InChI=1S/C20H20Br2N2O4/c1-3-28-14-6-4-13(5-7-14)24-11-12(8-19(24)25)20(26)23-17-10-18(27-2)16(22)9-15(17)21/h4-7,9-10,12H,3,8,11H2,1-2H3,(H,23,26)/t12-/m1/s1. The summed E-state index contributed by atoms with van der Waals surface area (Å²) in [5.74, 6) is 0.655. The van der Waals surface area contributed by atoms with Crippen molar-refractivity contribution in [2.45, 2.75) is 13.3 Å². The van der Waals surface area contributed by atoms with Crippen molar-refractivity contribution < 1.29 is 19.1 Å². The van der Waals surface area contributed by atoms with Gasteiger partial charge in [-0.2, -0.15) is 0 Å². The van der Waals surface area contributed by atoms with E-state index in [1.165, 1.54) is 0 Å². The Morgan fingerprint density at radius 1 is 1.21 bits per heavy atom. The molecule has 1 fully saturated rings. The van der Waals surface area contributed by atoms with Crippen molar-refractivity contribution in [1.82, 2.24) is 0 Å². The molecule has 2 aromatic rings. The van der Waals surface area contributed by atoms with Gasteiger partial charge in [-0.1, -0.05) is 0 Å². The summed E-state index contributed by atoms with van der Waals surface area (Å²) in [4.78, 5) is 26.8. The SMILES string of the molecule is CCOc1ccc(N2C[C@H](C(=O)Nc3cc(OC)c(Br)cc3Br)CC2=O)cc1. The molecule has 28 heavy (non-hydrogen) atoms. The van der Waals surface area contributed by atoms with Gasteiger partial charge in [-0.25, -0.2) is 0 Å². The third-order valence-electron chi connectivity index (χ3n) is 4.45. The van der Waals surface area contributed by atoms with Gasteiger partial charge < -0.3 is 19.7 Å². The van der Waals surface area contributed by atoms with E-state index < -0.39 is 5.92 Å². The maximum Gasteiger partial charge on any atom is 0.229 e. The smallest absolute Gasteiger partial charge is 0.229 e. The van der Waals surface area contributed by atoms with Gasteiger partial charge >= 0.3 is 0 Å². The number of hydrogen-bond donors (Lipinski definition) is 1. The lowest BCUT2D eigenvalue weighted by molar-refractivity contribution is -0.122. The van der Waals surface area contributed by atoms with Gasteiger partial charge in [0.1, 0.15) is 11.5 Å². The molecule has 0 aromatic heterocycles. The Morgan fingerprint density at radius 3 is 2.57 bits per heavy atom. The van der Waals surface area contributed by atoms with Gasteiger partial charge in [0, 0.05) is 29.2 Å². The van der Waals surface area contributed by atoms with Crippen molar-refractivity contribution in [1.29, 1.82) is 0 Å². The zero-order chi connectivity index (χ0) is 20.3. The number of methoxy groups -OCH3 is 1. The van der Waals surface area contributed by atoms with Crippen LogP contribution in [0.5, 0.6) is 11.5 Å². The maximum atomic E-state index is 12.7. The molecule has 8 heteroatoms. The van der Waals surface area contributed by atoms with Crippen LogP contribution in [-0.4, -0.2) is 32.1 Å². The average Bonchev–Trinajstić information content (AvgIpc) is 3.06. The first-order chi connectivity index (χ1) is 13.4. The average molecular weight is 512 g/mol. The van der Waals surface area contributed by atoms with E-state index in [0.717, 1.165) is 20.4 Å². The molecule has 6 nitrogen and oxygen atoms in total. The Labute approximate surface area is 180 Å². The van der Waals surface area contributed by atoms with Crippen molar-refractivity contribution in [3.8, 4) is 11.5 Å². The van der Waals surface area contributed by atoms with Gasteiger partial charge in [0.15, 0.2) is 0 Å². The first-order valence-electron chi connectivity index (χ1n) is 8.80. The number of nitrogens with zero attached hydrogens (tertiary/aromatic N) is 1. The minimum Gasteiger partial charge on any atom is -0.495 e. The molecule has 0 unspecified atom stereocenters. The summed E-state index contributed by atoms with van der Waals surface area (Å²) in [5, 5.41) is 2.89. The van der Waals surface area contributed by atoms with E-state index in [1.54, 1.807) is 24.1 Å². The lowest BCUT2D eigenvalue weighted by Crippen LogP contribution is -2.28. The number of carbonyl (C=O) groups is 2. The highest BCUT2D eigenvalue weighted by atomic mass is 79.9. The van der Waals surface area contributed by atoms with Crippen LogP contribution in [0.2, 0.25) is 0 Å². The Balaban J connectivity index is 1.70. The third-order valence-corrected chi connectivity index (χ3v) is 5.73. The zero-order valence-corrected chi connectivity index (χ0v) is 18.7. The predicted molar refractivity (Wildman–Crippen MR) is 115 cm³/mol. The van der Waals surface area contributed by atoms with E-state index in [0.29, 0.717) is 24.6 Å². The molecule has 1 aliphatic rings. The van der Waals surface area contributed by atoms with E-state index in [2.05, 4.69) is 37.2 Å². The number of halogens is 2. The lowest BCUT2D eigenvalue weighted by Gasteiger charge is -2.17. The number of amides is 2.